The lowest BCUT2D eigenvalue weighted by Gasteiger charge is -2.02. The molecule has 0 amide bonds. The molecule has 0 saturated carbocycles. The molecule has 0 aliphatic heterocycles. The lowest BCUT2D eigenvalue weighted by molar-refractivity contribution is 0.471. The number of hydrogen-bond acceptors (Lipinski definition) is 2. The van der Waals surface area contributed by atoms with Gasteiger partial charge in [0.15, 0.2) is 0 Å². The van der Waals surface area contributed by atoms with Crippen LogP contribution < -0.4 is 0 Å². The molecule has 1 radical (unpaired) electrons. The van der Waals surface area contributed by atoms with E-state index in [-0.39, 0.29) is 5.75 Å². The average Bonchev–Trinajstić information content (AvgIpc) is 2.01. The van der Waals surface area contributed by atoms with Crippen molar-refractivity contribution in [2.45, 2.75) is 6.92 Å². The molecule has 0 spiro atoms. The Morgan fingerprint density at radius 3 is 2.73 bits per heavy atom. The van der Waals surface area contributed by atoms with Crippen LogP contribution >= 0.6 is 0 Å². The molecule has 55 valence electrons. The second-order valence-electron chi connectivity index (χ2n) is 2.35. The Bertz CT molecular complexity index is 323. The lowest BCUT2D eigenvalue weighted by atomic mass is 10.0. The van der Waals surface area contributed by atoms with E-state index < -0.39 is 0 Å². The van der Waals surface area contributed by atoms with Crippen LogP contribution in [0.5, 0.6) is 5.75 Å². The molecule has 0 bridgehead atoms. The van der Waals surface area contributed by atoms with Crippen molar-refractivity contribution >= 4 is 0 Å². The minimum atomic E-state index is 0.189. The maximum absolute atomic E-state index is 9.17. The third-order valence-corrected chi connectivity index (χ3v) is 1.69. The van der Waals surface area contributed by atoms with Gasteiger partial charge in [0.2, 0.25) is 0 Å². The summed E-state index contributed by atoms with van der Waals surface area (Å²) in [6.07, 6.45) is 0. The molecule has 0 aromatic heterocycles. The molecule has 0 aliphatic carbocycles. The van der Waals surface area contributed by atoms with E-state index in [2.05, 4.69) is 6.92 Å². The summed E-state index contributed by atoms with van der Waals surface area (Å²) in [5.74, 6) is 0.189. The fourth-order valence-electron chi connectivity index (χ4n) is 0.849. The van der Waals surface area contributed by atoms with Gasteiger partial charge in [-0.3, -0.25) is 0 Å². The van der Waals surface area contributed by atoms with Gasteiger partial charge in [-0.1, -0.05) is 0 Å². The van der Waals surface area contributed by atoms with E-state index in [1.165, 1.54) is 6.07 Å². The zero-order chi connectivity index (χ0) is 8.43. The van der Waals surface area contributed by atoms with Gasteiger partial charge in [-0.05, 0) is 37.1 Å². The standard InChI is InChI=1S/C9H8NO/c1-6-7(2)9(11)4-3-8(6)5-10/h3-4,11H,1H2,2H3. The second kappa shape index (κ2) is 2.63. The van der Waals surface area contributed by atoms with Crippen LogP contribution in [0.2, 0.25) is 0 Å². The topological polar surface area (TPSA) is 44.0 Å². The van der Waals surface area contributed by atoms with Crippen LogP contribution in [0.3, 0.4) is 0 Å². The van der Waals surface area contributed by atoms with Gasteiger partial charge in [0.1, 0.15) is 5.75 Å². The lowest BCUT2D eigenvalue weighted by Crippen LogP contribution is -1.86. The van der Waals surface area contributed by atoms with E-state index in [0.29, 0.717) is 16.7 Å². The highest BCUT2D eigenvalue weighted by Gasteiger charge is 2.03. The molecule has 1 rings (SSSR count). The van der Waals surface area contributed by atoms with Crippen molar-refractivity contribution < 1.29 is 5.11 Å². The molecular formula is C9H8NO. The Morgan fingerprint density at radius 1 is 1.55 bits per heavy atom. The SMILES string of the molecule is [CH2]c1c(C#N)ccc(O)c1C. The summed E-state index contributed by atoms with van der Waals surface area (Å²) in [6.45, 7) is 5.40. The third-order valence-electron chi connectivity index (χ3n) is 1.69. The van der Waals surface area contributed by atoms with E-state index in [1.807, 2.05) is 6.07 Å². The molecule has 1 N–H and O–H groups in total. The van der Waals surface area contributed by atoms with Gasteiger partial charge in [0.05, 0.1) is 11.6 Å². The van der Waals surface area contributed by atoms with Gasteiger partial charge in [-0.2, -0.15) is 5.26 Å². The van der Waals surface area contributed by atoms with Crippen molar-refractivity contribution in [1.29, 1.82) is 5.26 Å². The summed E-state index contributed by atoms with van der Waals surface area (Å²) in [7, 11) is 0. The Kier molecular flexibility index (Phi) is 1.82. The first-order chi connectivity index (χ1) is 5.16. The van der Waals surface area contributed by atoms with Gasteiger partial charge < -0.3 is 5.11 Å². The van der Waals surface area contributed by atoms with Gasteiger partial charge in [-0.25, -0.2) is 0 Å². The minimum absolute atomic E-state index is 0.189. The van der Waals surface area contributed by atoms with Crippen LogP contribution in [0.25, 0.3) is 0 Å². The predicted molar refractivity (Wildman–Crippen MR) is 42.0 cm³/mol. The fraction of sp³-hybridized carbons (Fsp3) is 0.111. The Hall–Kier alpha value is -1.49. The molecule has 0 saturated heterocycles. The van der Waals surface area contributed by atoms with Crippen molar-refractivity contribution in [3.05, 3.63) is 35.7 Å². The van der Waals surface area contributed by atoms with E-state index in [9.17, 15) is 5.11 Å². The highest BCUT2D eigenvalue weighted by Crippen LogP contribution is 2.21. The van der Waals surface area contributed by atoms with Crippen LogP contribution in [0.1, 0.15) is 16.7 Å². The molecule has 0 heterocycles. The zero-order valence-electron chi connectivity index (χ0n) is 6.26. The average molecular weight is 146 g/mol. The monoisotopic (exact) mass is 146 g/mol. The van der Waals surface area contributed by atoms with Crippen LogP contribution in [0.15, 0.2) is 12.1 Å². The van der Waals surface area contributed by atoms with Crippen molar-refractivity contribution in [2.75, 3.05) is 0 Å². The van der Waals surface area contributed by atoms with Crippen LogP contribution in [0, 0.1) is 25.2 Å². The molecule has 0 unspecified atom stereocenters. The molecule has 1 aromatic rings. The smallest absolute Gasteiger partial charge is 0.118 e. The molecular weight excluding hydrogens is 138 g/mol. The number of hydrogen-bond donors (Lipinski definition) is 1. The summed E-state index contributed by atoms with van der Waals surface area (Å²) in [5.41, 5.74) is 1.79. The maximum Gasteiger partial charge on any atom is 0.118 e. The predicted octanol–water partition coefficient (Wildman–Crippen LogP) is 1.75. The first-order valence-electron chi connectivity index (χ1n) is 3.21. The summed E-state index contributed by atoms with van der Waals surface area (Å²) < 4.78 is 0. The van der Waals surface area contributed by atoms with Gasteiger partial charge >= 0.3 is 0 Å². The number of rotatable bonds is 0. The highest BCUT2D eigenvalue weighted by atomic mass is 16.3. The number of nitriles is 1. The van der Waals surface area contributed by atoms with Gasteiger partial charge in [-0.15, -0.1) is 0 Å². The Balaban J connectivity index is 3.40. The van der Waals surface area contributed by atoms with Crippen LogP contribution in [-0.2, 0) is 0 Å². The molecule has 11 heavy (non-hydrogen) atoms. The highest BCUT2D eigenvalue weighted by molar-refractivity contribution is 5.49. The van der Waals surface area contributed by atoms with Gasteiger partial charge in [0, 0.05) is 0 Å². The summed E-state index contributed by atoms with van der Waals surface area (Å²) >= 11 is 0. The number of benzene rings is 1. The first kappa shape index (κ1) is 7.62. The van der Waals surface area contributed by atoms with Crippen LogP contribution in [-0.4, -0.2) is 5.11 Å². The second-order valence-corrected chi connectivity index (χ2v) is 2.35. The number of phenolic OH excluding ortho intramolecular Hbond substituents is 1. The summed E-state index contributed by atoms with van der Waals surface area (Å²) in [4.78, 5) is 0. The van der Waals surface area contributed by atoms with Crippen molar-refractivity contribution in [3.8, 4) is 11.8 Å². The Labute approximate surface area is 65.7 Å². The molecule has 1 aromatic carbocycles. The maximum atomic E-state index is 9.17. The van der Waals surface area contributed by atoms with Crippen molar-refractivity contribution in [1.82, 2.24) is 0 Å². The normalized spacial score (nSPS) is 9.18. The van der Waals surface area contributed by atoms with Crippen molar-refractivity contribution in [3.63, 3.8) is 0 Å². The quantitative estimate of drug-likeness (QED) is 0.606. The Morgan fingerprint density at radius 2 is 2.18 bits per heavy atom. The van der Waals surface area contributed by atoms with E-state index in [4.69, 9.17) is 5.26 Å². The number of nitrogens with zero attached hydrogens (tertiary/aromatic N) is 1. The minimum Gasteiger partial charge on any atom is -0.508 e. The largest absolute Gasteiger partial charge is 0.508 e. The first-order valence-corrected chi connectivity index (χ1v) is 3.21. The molecule has 0 atom stereocenters. The fourth-order valence-corrected chi connectivity index (χ4v) is 0.849. The summed E-state index contributed by atoms with van der Waals surface area (Å²) in [5, 5.41) is 17.7. The molecule has 0 aliphatic rings. The third kappa shape index (κ3) is 1.18. The molecule has 2 heteroatoms. The molecule has 0 fully saturated rings. The molecule has 2 nitrogen and oxygen atoms in total. The summed E-state index contributed by atoms with van der Waals surface area (Å²) in [6, 6.07) is 5.05. The number of aromatic hydroxyl groups is 1. The number of phenols is 1. The zero-order valence-corrected chi connectivity index (χ0v) is 6.26. The van der Waals surface area contributed by atoms with Crippen LogP contribution in [0.4, 0.5) is 0 Å². The van der Waals surface area contributed by atoms with E-state index >= 15 is 0 Å². The van der Waals surface area contributed by atoms with E-state index in [0.717, 1.165) is 0 Å². The van der Waals surface area contributed by atoms with Crippen molar-refractivity contribution in [2.24, 2.45) is 0 Å². The van der Waals surface area contributed by atoms with E-state index in [1.54, 1.807) is 13.0 Å². The van der Waals surface area contributed by atoms with Gasteiger partial charge in [0.25, 0.3) is 0 Å².